The Morgan fingerprint density at radius 3 is 1.73 bits per heavy atom. The van der Waals surface area contributed by atoms with Crippen LogP contribution in [0, 0.1) is 22.2 Å². The topological polar surface area (TPSA) is 93.1 Å². The summed E-state index contributed by atoms with van der Waals surface area (Å²) in [5.74, 6) is -0.289. The summed E-state index contributed by atoms with van der Waals surface area (Å²) in [6, 6.07) is 0. The number of methoxy groups -OCH3 is 2. The summed E-state index contributed by atoms with van der Waals surface area (Å²) in [5.41, 5.74) is 0.643. The van der Waals surface area contributed by atoms with Crippen LogP contribution in [0.15, 0.2) is 4.90 Å². The highest BCUT2D eigenvalue weighted by molar-refractivity contribution is 7.86. The van der Waals surface area contributed by atoms with Gasteiger partial charge in [-0.25, -0.2) is 0 Å². The van der Waals surface area contributed by atoms with E-state index in [4.69, 9.17) is 9.47 Å². The van der Waals surface area contributed by atoms with Gasteiger partial charge in [0.1, 0.15) is 5.75 Å². The molecule has 0 spiro atoms. The predicted molar refractivity (Wildman–Crippen MR) is 134 cm³/mol. The molecule has 1 rings (SSSR count). The van der Waals surface area contributed by atoms with Crippen LogP contribution in [0.3, 0.4) is 0 Å². The molecule has 1 unspecified atom stereocenters. The maximum absolute atomic E-state index is 12.5. The van der Waals surface area contributed by atoms with Gasteiger partial charge in [-0.2, -0.15) is 8.42 Å². The predicted octanol–water partition coefficient (Wildman–Crippen LogP) is 6.84. The number of hydrogen-bond acceptors (Lipinski definition) is 5. The van der Waals surface area contributed by atoms with Crippen molar-refractivity contribution < 1.29 is 27.6 Å². The Bertz CT molecular complexity index is 937. The molecule has 1 aromatic rings. The summed E-state index contributed by atoms with van der Waals surface area (Å²) in [6.07, 6.45) is 2.18. The van der Waals surface area contributed by atoms with Crippen molar-refractivity contribution in [3.05, 3.63) is 11.1 Å². The lowest BCUT2D eigenvalue weighted by molar-refractivity contribution is 0.0761. The van der Waals surface area contributed by atoms with E-state index in [0.717, 1.165) is 12.8 Å². The Balaban J connectivity index is 4.31. The van der Waals surface area contributed by atoms with Gasteiger partial charge >= 0.3 is 10.1 Å². The van der Waals surface area contributed by atoms with E-state index in [9.17, 15) is 18.1 Å². The molecule has 0 radical (unpaired) electrons. The van der Waals surface area contributed by atoms with Gasteiger partial charge < -0.3 is 14.6 Å². The summed E-state index contributed by atoms with van der Waals surface area (Å²) in [6.45, 7) is 21.6. The third-order valence-electron chi connectivity index (χ3n) is 6.27. The Hall–Kier alpha value is -1.47. The normalized spacial score (nSPS) is 14.5. The number of ether oxygens (including phenoxy) is 2. The number of phenolic OH excluding ortho intramolecular Hbond substituents is 1. The van der Waals surface area contributed by atoms with Crippen LogP contribution >= 0.6 is 0 Å². The molecule has 0 amide bonds. The molecule has 0 fully saturated rings. The molecular formula is C26H46O6S. The molecule has 7 heteroatoms. The quantitative estimate of drug-likeness (QED) is 0.352. The van der Waals surface area contributed by atoms with Gasteiger partial charge in [-0.3, -0.25) is 4.55 Å². The first-order chi connectivity index (χ1) is 14.7. The summed E-state index contributed by atoms with van der Waals surface area (Å²) >= 11 is 0. The number of rotatable bonds is 10. The van der Waals surface area contributed by atoms with E-state index in [2.05, 4.69) is 62.3 Å². The minimum Gasteiger partial charge on any atom is -0.504 e. The van der Waals surface area contributed by atoms with Crippen LogP contribution < -0.4 is 9.47 Å². The zero-order chi connectivity index (χ0) is 26.2. The van der Waals surface area contributed by atoms with Gasteiger partial charge in [0.2, 0.25) is 0 Å². The molecule has 33 heavy (non-hydrogen) atoms. The molecule has 0 saturated heterocycles. The van der Waals surface area contributed by atoms with Gasteiger partial charge in [-0.1, -0.05) is 69.2 Å². The first kappa shape index (κ1) is 29.6. The van der Waals surface area contributed by atoms with Crippen molar-refractivity contribution in [2.75, 3.05) is 14.2 Å². The van der Waals surface area contributed by atoms with E-state index >= 15 is 0 Å². The average molecular weight is 487 g/mol. The lowest BCUT2D eigenvalue weighted by Gasteiger charge is -2.49. The minimum absolute atomic E-state index is 0.00960. The smallest absolute Gasteiger partial charge is 0.302 e. The average Bonchev–Trinajstić information content (AvgIpc) is 2.56. The van der Waals surface area contributed by atoms with Crippen LogP contribution in [0.4, 0.5) is 0 Å². The van der Waals surface area contributed by atoms with Gasteiger partial charge in [0.05, 0.1) is 14.2 Å². The van der Waals surface area contributed by atoms with Crippen molar-refractivity contribution in [3.63, 3.8) is 0 Å². The lowest BCUT2D eigenvalue weighted by atomic mass is 9.55. The zero-order valence-corrected chi connectivity index (χ0v) is 23.5. The van der Waals surface area contributed by atoms with Gasteiger partial charge in [0.25, 0.3) is 0 Å². The van der Waals surface area contributed by atoms with E-state index < -0.39 is 15.0 Å². The van der Waals surface area contributed by atoms with Crippen LogP contribution in [0.2, 0.25) is 0 Å². The fourth-order valence-corrected chi connectivity index (χ4v) is 7.34. The van der Waals surface area contributed by atoms with Gasteiger partial charge in [-0.05, 0) is 47.3 Å². The molecule has 0 aromatic heterocycles. The van der Waals surface area contributed by atoms with Crippen molar-refractivity contribution in [1.29, 1.82) is 0 Å². The maximum atomic E-state index is 12.5. The summed E-state index contributed by atoms with van der Waals surface area (Å²) in [5, 5.41) is 11.2. The zero-order valence-electron chi connectivity index (χ0n) is 22.7. The third kappa shape index (κ3) is 6.56. The van der Waals surface area contributed by atoms with Crippen molar-refractivity contribution in [1.82, 2.24) is 0 Å². The fraction of sp³-hybridized carbons (Fsp3) is 0.769. The molecule has 1 aromatic carbocycles. The molecule has 0 heterocycles. The first-order valence-electron chi connectivity index (χ1n) is 11.7. The summed E-state index contributed by atoms with van der Waals surface area (Å²) in [7, 11) is -2.09. The van der Waals surface area contributed by atoms with Crippen molar-refractivity contribution in [2.24, 2.45) is 22.2 Å². The second-order valence-corrected chi connectivity index (χ2v) is 13.6. The van der Waals surface area contributed by atoms with Crippen LogP contribution in [0.1, 0.15) is 99.1 Å². The monoisotopic (exact) mass is 486 g/mol. The van der Waals surface area contributed by atoms with E-state index in [-0.39, 0.29) is 39.4 Å². The SMILES string of the molecule is CCc1c(O)c(OC)c(S(=O)(=O)O)c(OC)c1C(C(C)(C)CC(C)C)C(C)(C)CC(C)(C)C. The molecule has 6 nitrogen and oxygen atoms in total. The number of aromatic hydroxyl groups is 1. The van der Waals surface area contributed by atoms with Crippen LogP contribution in [0.5, 0.6) is 17.2 Å². The highest BCUT2D eigenvalue weighted by atomic mass is 32.2. The molecule has 0 saturated carbocycles. The highest BCUT2D eigenvalue weighted by Gasteiger charge is 2.47. The molecule has 0 aliphatic carbocycles. The second-order valence-electron chi connectivity index (χ2n) is 12.2. The number of benzene rings is 1. The first-order valence-corrected chi connectivity index (χ1v) is 13.2. The molecule has 2 N–H and O–H groups in total. The van der Waals surface area contributed by atoms with Gasteiger partial charge in [0.15, 0.2) is 16.4 Å². The molecule has 192 valence electrons. The van der Waals surface area contributed by atoms with Gasteiger partial charge in [0, 0.05) is 11.1 Å². The van der Waals surface area contributed by atoms with E-state index in [0.29, 0.717) is 23.5 Å². The van der Waals surface area contributed by atoms with E-state index in [1.807, 2.05) is 6.92 Å². The Kier molecular flexibility index (Phi) is 8.98. The Labute approximate surface area is 201 Å². The fourth-order valence-electron chi connectivity index (χ4n) is 6.50. The van der Waals surface area contributed by atoms with Crippen LogP contribution in [-0.4, -0.2) is 32.3 Å². The van der Waals surface area contributed by atoms with Crippen LogP contribution in [-0.2, 0) is 16.5 Å². The van der Waals surface area contributed by atoms with E-state index in [1.165, 1.54) is 14.2 Å². The minimum atomic E-state index is -4.75. The Morgan fingerprint density at radius 1 is 0.909 bits per heavy atom. The second kappa shape index (κ2) is 10.0. The van der Waals surface area contributed by atoms with E-state index in [1.54, 1.807) is 0 Å². The Morgan fingerprint density at radius 2 is 1.39 bits per heavy atom. The number of hydrogen-bond donors (Lipinski definition) is 2. The standard InChI is InChI=1S/C26H46O6S/c1-13-17-18(20(31-11)22(33(28,29)30)21(32-12)19(17)27)23(25(7,8)14-16(2)3)26(9,10)15-24(4,5)6/h16,23,27H,13-15H2,1-12H3,(H,28,29,30). The highest BCUT2D eigenvalue weighted by Crippen LogP contribution is 2.60. The summed E-state index contributed by atoms with van der Waals surface area (Å²) < 4.78 is 46.2. The molecule has 0 aliphatic rings. The largest absolute Gasteiger partial charge is 0.504 e. The molecular weight excluding hydrogens is 440 g/mol. The third-order valence-corrected chi connectivity index (χ3v) is 7.16. The van der Waals surface area contributed by atoms with Crippen molar-refractivity contribution >= 4 is 10.1 Å². The van der Waals surface area contributed by atoms with Crippen molar-refractivity contribution in [3.8, 4) is 17.2 Å². The maximum Gasteiger partial charge on any atom is 0.302 e. The number of phenols is 1. The molecule has 0 aliphatic heterocycles. The summed E-state index contributed by atoms with van der Waals surface area (Å²) in [4.78, 5) is -0.519. The van der Waals surface area contributed by atoms with Crippen LogP contribution in [0.25, 0.3) is 0 Å². The van der Waals surface area contributed by atoms with Gasteiger partial charge in [-0.15, -0.1) is 0 Å². The molecule has 1 atom stereocenters. The molecule has 0 bridgehead atoms. The lowest BCUT2D eigenvalue weighted by Crippen LogP contribution is -2.38. The van der Waals surface area contributed by atoms with Crippen molar-refractivity contribution in [2.45, 2.75) is 99.3 Å².